The molecule has 1 N–H and O–H groups in total. The number of hydrogen-bond acceptors (Lipinski definition) is 2. The average molecular weight is 254 g/mol. The molecule has 1 rings (SSSR count). The molecule has 5 heteroatoms. The van der Waals surface area contributed by atoms with Crippen molar-refractivity contribution in [2.45, 2.75) is 45.1 Å². The van der Waals surface area contributed by atoms with Crippen molar-refractivity contribution in [1.82, 2.24) is 4.72 Å². The molecule has 15 heavy (non-hydrogen) atoms. The van der Waals surface area contributed by atoms with Crippen LogP contribution in [0, 0.1) is 5.92 Å². The minimum Gasteiger partial charge on any atom is -0.212 e. The number of alkyl halides is 1. The smallest absolute Gasteiger partial charge is 0.212 e. The Morgan fingerprint density at radius 1 is 1.40 bits per heavy atom. The second-order valence-corrected chi connectivity index (χ2v) is 6.51. The molecule has 0 aliphatic heterocycles. The molecule has 1 aliphatic carbocycles. The molecule has 1 saturated carbocycles. The summed E-state index contributed by atoms with van der Waals surface area (Å²) in [5.41, 5.74) is 0. The topological polar surface area (TPSA) is 46.2 Å². The Morgan fingerprint density at radius 3 is 2.73 bits per heavy atom. The number of nitrogens with one attached hydrogen (secondary N) is 1. The molecule has 3 nitrogen and oxygen atoms in total. The normalized spacial score (nSPS) is 27.9. The summed E-state index contributed by atoms with van der Waals surface area (Å²) in [5, 5.41) is 0. The maximum Gasteiger partial charge on any atom is 0.213 e. The lowest BCUT2D eigenvalue weighted by Gasteiger charge is -2.28. The summed E-state index contributed by atoms with van der Waals surface area (Å²) >= 11 is 5.44. The minimum atomic E-state index is -3.14. The van der Waals surface area contributed by atoms with Gasteiger partial charge in [-0.2, -0.15) is 0 Å². The molecule has 1 aliphatic rings. The lowest BCUT2D eigenvalue weighted by atomic mass is 9.85. The minimum absolute atomic E-state index is 0.0296. The molecule has 0 aromatic heterocycles. The predicted molar refractivity (Wildman–Crippen MR) is 63.7 cm³/mol. The molecular formula is C10H20ClNO2S. The standard InChI is InChI=1S/C10H20ClNO2S/c1-2-9-4-3-5-10(8-9)12-15(13,14)7-6-11/h9-10,12H,2-8H2,1H3. The van der Waals surface area contributed by atoms with E-state index in [2.05, 4.69) is 11.6 Å². The summed E-state index contributed by atoms with van der Waals surface area (Å²) < 4.78 is 25.7. The summed E-state index contributed by atoms with van der Waals surface area (Å²) in [7, 11) is -3.14. The van der Waals surface area contributed by atoms with Crippen LogP contribution in [0.5, 0.6) is 0 Å². The molecule has 0 amide bonds. The molecule has 0 spiro atoms. The Hall–Kier alpha value is 0.200. The molecule has 0 radical (unpaired) electrons. The van der Waals surface area contributed by atoms with E-state index in [1.165, 1.54) is 6.42 Å². The van der Waals surface area contributed by atoms with E-state index in [1.54, 1.807) is 0 Å². The molecule has 1 fully saturated rings. The van der Waals surface area contributed by atoms with E-state index in [4.69, 9.17) is 11.6 Å². The molecule has 0 saturated heterocycles. The first-order valence-corrected chi connectivity index (χ1v) is 7.82. The fourth-order valence-corrected chi connectivity index (χ4v) is 3.84. The number of hydrogen-bond donors (Lipinski definition) is 1. The Balaban J connectivity index is 2.44. The van der Waals surface area contributed by atoms with Gasteiger partial charge in [-0.1, -0.05) is 26.2 Å². The van der Waals surface area contributed by atoms with E-state index in [1.807, 2.05) is 0 Å². The highest BCUT2D eigenvalue weighted by Crippen LogP contribution is 2.26. The summed E-state index contributed by atoms with van der Waals surface area (Å²) in [6.07, 6.45) is 5.47. The van der Waals surface area contributed by atoms with E-state index < -0.39 is 10.0 Å². The summed E-state index contributed by atoms with van der Waals surface area (Å²) in [5.74, 6) is 0.878. The molecule has 0 aromatic carbocycles. The van der Waals surface area contributed by atoms with Crippen LogP contribution in [0.4, 0.5) is 0 Å². The largest absolute Gasteiger partial charge is 0.213 e. The second kappa shape index (κ2) is 6.06. The van der Waals surface area contributed by atoms with Crippen LogP contribution in [0.3, 0.4) is 0 Å². The van der Waals surface area contributed by atoms with Crippen LogP contribution < -0.4 is 4.72 Å². The summed E-state index contributed by atoms with van der Waals surface area (Å²) in [6, 6.07) is 0.136. The molecule has 90 valence electrons. The van der Waals surface area contributed by atoms with Crippen LogP contribution in [0.15, 0.2) is 0 Å². The number of halogens is 1. The van der Waals surface area contributed by atoms with Crippen LogP contribution >= 0.6 is 11.6 Å². The summed E-state index contributed by atoms with van der Waals surface area (Å²) in [6.45, 7) is 2.17. The van der Waals surface area contributed by atoms with Crippen molar-refractivity contribution in [3.05, 3.63) is 0 Å². The van der Waals surface area contributed by atoms with Gasteiger partial charge in [-0.05, 0) is 18.8 Å². The van der Waals surface area contributed by atoms with Gasteiger partial charge in [0, 0.05) is 11.9 Å². The average Bonchev–Trinajstić information content (AvgIpc) is 2.17. The van der Waals surface area contributed by atoms with Gasteiger partial charge < -0.3 is 0 Å². The first-order chi connectivity index (χ1) is 7.07. The van der Waals surface area contributed by atoms with Crippen LogP contribution in [0.25, 0.3) is 0 Å². The third-order valence-corrected chi connectivity index (χ3v) is 4.90. The fourth-order valence-electron chi connectivity index (χ4n) is 2.18. The Morgan fingerprint density at radius 2 is 2.13 bits per heavy atom. The molecule has 0 heterocycles. The zero-order valence-electron chi connectivity index (χ0n) is 9.21. The highest BCUT2D eigenvalue weighted by molar-refractivity contribution is 7.89. The van der Waals surface area contributed by atoms with Gasteiger partial charge in [0.15, 0.2) is 0 Å². The van der Waals surface area contributed by atoms with Gasteiger partial charge in [0.05, 0.1) is 5.75 Å². The number of rotatable bonds is 5. The zero-order valence-corrected chi connectivity index (χ0v) is 10.8. The third kappa shape index (κ3) is 4.70. The van der Waals surface area contributed by atoms with E-state index in [9.17, 15) is 8.42 Å². The fraction of sp³-hybridized carbons (Fsp3) is 1.00. The maximum atomic E-state index is 11.5. The second-order valence-electron chi connectivity index (χ2n) is 4.26. The monoisotopic (exact) mass is 253 g/mol. The lowest BCUT2D eigenvalue weighted by Crippen LogP contribution is -2.39. The third-order valence-electron chi connectivity index (χ3n) is 3.05. The Labute approximate surface area is 97.6 Å². The van der Waals surface area contributed by atoms with Gasteiger partial charge in [0.1, 0.15) is 0 Å². The van der Waals surface area contributed by atoms with Crippen molar-refractivity contribution in [2.75, 3.05) is 11.6 Å². The van der Waals surface area contributed by atoms with E-state index >= 15 is 0 Å². The first-order valence-electron chi connectivity index (χ1n) is 5.63. The van der Waals surface area contributed by atoms with Crippen molar-refractivity contribution in [3.8, 4) is 0 Å². The van der Waals surface area contributed by atoms with Gasteiger partial charge in [-0.15, -0.1) is 11.6 Å². The van der Waals surface area contributed by atoms with Crippen LogP contribution in [-0.2, 0) is 10.0 Å². The van der Waals surface area contributed by atoms with E-state index in [0.717, 1.165) is 25.7 Å². The van der Waals surface area contributed by atoms with Gasteiger partial charge >= 0.3 is 0 Å². The summed E-state index contributed by atoms with van der Waals surface area (Å²) in [4.78, 5) is 0. The highest BCUT2D eigenvalue weighted by atomic mass is 35.5. The Bertz CT molecular complexity index is 279. The molecule has 2 atom stereocenters. The van der Waals surface area contributed by atoms with Crippen molar-refractivity contribution in [1.29, 1.82) is 0 Å². The van der Waals surface area contributed by atoms with Gasteiger partial charge in [0.25, 0.3) is 0 Å². The van der Waals surface area contributed by atoms with Crippen LogP contribution in [-0.4, -0.2) is 26.1 Å². The van der Waals surface area contributed by atoms with Gasteiger partial charge in [-0.25, -0.2) is 13.1 Å². The SMILES string of the molecule is CCC1CCCC(NS(=O)(=O)CCCl)C1. The predicted octanol–water partition coefficient (Wildman–Crippen LogP) is 2.11. The first kappa shape index (κ1) is 13.3. The molecular weight excluding hydrogens is 234 g/mol. The lowest BCUT2D eigenvalue weighted by molar-refractivity contribution is 0.301. The molecule has 2 unspecified atom stereocenters. The number of sulfonamides is 1. The van der Waals surface area contributed by atoms with E-state index in [-0.39, 0.29) is 17.7 Å². The van der Waals surface area contributed by atoms with Crippen LogP contribution in [0.1, 0.15) is 39.0 Å². The zero-order chi connectivity index (χ0) is 11.3. The van der Waals surface area contributed by atoms with Crippen LogP contribution in [0.2, 0.25) is 0 Å². The van der Waals surface area contributed by atoms with Crippen molar-refractivity contribution in [2.24, 2.45) is 5.92 Å². The Kier molecular flexibility index (Phi) is 5.36. The van der Waals surface area contributed by atoms with Crippen molar-refractivity contribution >= 4 is 21.6 Å². The molecule has 0 aromatic rings. The van der Waals surface area contributed by atoms with Crippen molar-refractivity contribution < 1.29 is 8.42 Å². The van der Waals surface area contributed by atoms with Crippen molar-refractivity contribution in [3.63, 3.8) is 0 Å². The van der Waals surface area contributed by atoms with E-state index in [0.29, 0.717) is 5.92 Å². The molecule has 0 bridgehead atoms. The quantitative estimate of drug-likeness (QED) is 0.763. The maximum absolute atomic E-state index is 11.5. The van der Waals surface area contributed by atoms with Gasteiger partial charge in [0.2, 0.25) is 10.0 Å². The highest BCUT2D eigenvalue weighted by Gasteiger charge is 2.24. The van der Waals surface area contributed by atoms with Gasteiger partial charge in [-0.3, -0.25) is 0 Å².